The fourth-order valence-electron chi connectivity index (χ4n) is 4.34. The Hall–Kier alpha value is -2.85. The SMILES string of the molecule is C/C=C/C1CCC(c2ccc(-c3ccc(-c4ccc(CC)c(F)c4F)cc3)c(F)c2)OC1. The van der Waals surface area contributed by atoms with E-state index in [9.17, 15) is 13.2 Å². The third-order valence-corrected chi connectivity index (χ3v) is 6.19. The highest BCUT2D eigenvalue weighted by Crippen LogP contribution is 2.34. The van der Waals surface area contributed by atoms with E-state index in [0.29, 0.717) is 41.2 Å². The van der Waals surface area contributed by atoms with Crippen molar-refractivity contribution >= 4 is 0 Å². The summed E-state index contributed by atoms with van der Waals surface area (Å²) < 4.78 is 49.5. The summed E-state index contributed by atoms with van der Waals surface area (Å²) in [5, 5.41) is 0. The number of rotatable bonds is 5. The molecule has 32 heavy (non-hydrogen) atoms. The number of aryl methyl sites for hydroxylation is 1. The maximum absolute atomic E-state index is 14.9. The number of halogens is 3. The van der Waals surface area contributed by atoms with Crippen LogP contribution in [0.4, 0.5) is 13.2 Å². The van der Waals surface area contributed by atoms with Crippen LogP contribution in [-0.4, -0.2) is 6.61 Å². The smallest absolute Gasteiger partial charge is 0.166 e. The second-order valence-electron chi connectivity index (χ2n) is 8.26. The maximum atomic E-state index is 14.9. The van der Waals surface area contributed by atoms with Crippen LogP contribution in [0.15, 0.2) is 66.7 Å². The van der Waals surface area contributed by atoms with Gasteiger partial charge < -0.3 is 4.74 Å². The van der Waals surface area contributed by atoms with Crippen LogP contribution >= 0.6 is 0 Å². The topological polar surface area (TPSA) is 9.23 Å². The lowest BCUT2D eigenvalue weighted by atomic mass is 9.93. The predicted molar refractivity (Wildman–Crippen MR) is 123 cm³/mol. The van der Waals surface area contributed by atoms with Gasteiger partial charge in [-0.15, -0.1) is 0 Å². The van der Waals surface area contributed by atoms with Gasteiger partial charge in [-0.2, -0.15) is 0 Å². The Morgan fingerprint density at radius 1 is 0.875 bits per heavy atom. The van der Waals surface area contributed by atoms with Crippen LogP contribution in [-0.2, 0) is 11.2 Å². The van der Waals surface area contributed by atoms with Crippen LogP contribution in [0, 0.1) is 23.4 Å². The lowest BCUT2D eigenvalue weighted by Crippen LogP contribution is -2.19. The molecule has 1 heterocycles. The summed E-state index contributed by atoms with van der Waals surface area (Å²) in [6.07, 6.45) is 6.42. The fourth-order valence-corrected chi connectivity index (χ4v) is 4.34. The van der Waals surface area contributed by atoms with Crippen molar-refractivity contribution in [2.75, 3.05) is 6.61 Å². The largest absolute Gasteiger partial charge is 0.373 e. The lowest BCUT2D eigenvalue weighted by molar-refractivity contribution is -0.00538. The Labute approximate surface area is 187 Å². The number of hydrogen-bond donors (Lipinski definition) is 0. The molecule has 3 aromatic rings. The minimum atomic E-state index is -0.850. The second kappa shape index (κ2) is 9.74. The zero-order valence-electron chi connectivity index (χ0n) is 18.4. The van der Waals surface area contributed by atoms with E-state index < -0.39 is 11.6 Å². The van der Waals surface area contributed by atoms with Crippen molar-refractivity contribution in [1.29, 1.82) is 0 Å². The Morgan fingerprint density at radius 3 is 2.16 bits per heavy atom. The van der Waals surface area contributed by atoms with Gasteiger partial charge in [0.25, 0.3) is 0 Å². The molecule has 1 saturated heterocycles. The monoisotopic (exact) mass is 436 g/mol. The molecule has 4 heteroatoms. The molecule has 1 aliphatic rings. The molecule has 2 unspecified atom stereocenters. The number of hydrogen-bond acceptors (Lipinski definition) is 1. The molecule has 1 fully saturated rings. The van der Waals surface area contributed by atoms with Crippen LogP contribution in [0.3, 0.4) is 0 Å². The van der Waals surface area contributed by atoms with Crippen molar-refractivity contribution in [3.63, 3.8) is 0 Å². The van der Waals surface area contributed by atoms with Crippen molar-refractivity contribution in [2.45, 2.75) is 39.2 Å². The molecule has 0 radical (unpaired) electrons. The third kappa shape index (κ3) is 4.51. The fraction of sp³-hybridized carbons (Fsp3) is 0.286. The van der Waals surface area contributed by atoms with Crippen LogP contribution in [0.1, 0.15) is 43.9 Å². The molecule has 2 atom stereocenters. The summed E-state index contributed by atoms with van der Waals surface area (Å²) >= 11 is 0. The van der Waals surface area contributed by atoms with Crippen molar-refractivity contribution < 1.29 is 17.9 Å². The zero-order valence-corrected chi connectivity index (χ0v) is 18.4. The Balaban J connectivity index is 1.53. The molecule has 1 nitrogen and oxygen atoms in total. The van der Waals surface area contributed by atoms with E-state index in [0.717, 1.165) is 18.4 Å². The summed E-state index contributed by atoms with van der Waals surface area (Å²) in [6.45, 7) is 4.44. The van der Waals surface area contributed by atoms with Crippen molar-refractivity contribution in [2.24, 2.45) is 5.92 Å². The first-order valence-corrected chi connectivity index (χ1v) is 11.1. The van der Waals surface area contributed by atoms with Gasteiger partial charge in [-0.3, -0.25) is 0 Å². The average molecular weight is 437 g/mol. The molecule has 0 saturated carbocycles. The van der Waals surface area contributed by atoms with E-state index in [4.69, 9.17) is 4.74 Å². The van der Waals surface area contributed by atoms with Crippen molar-refractivity contribution in [3.05, 3.63) is 95.3 Å². The molecule has 0 bridgehead atoms. The number of allylic oxidation sites excluding steroid dienone is 1. The summed E-state index contributed by atoms with van der Waals surface area (Å²) in [4.78, 5) is 0. The van der Waals surface area contributed by atoms with Crippen LogP contribution < -0.4 is 0 Å². The highest BCUT2D eigenvalue weighted by atomic mass is 19.2. The second-order valence-corrected chi connectivity index (χ2v) is 8.26. The van der Waals surface area contributed by atoms with Crippen LogP contribution in [0.25, 0.3) is 22.3 Å². The first kappa shape index (κ1) is 22.3. The van der Waals surface area contributed by atoms with Gasteiger partial charge in [0.2, 0.25) is 0 Å². The molecule has 0 spiro atoms. The quantitative estimate of drug-likeness (QED) is 0.368. The van der Waals surface area contributed by atoms with Gasteiger partial charge in [-0.25, -0.2) is 13.2 Å². The van der Waals surface area contributed by atoms with E-state index >= 15 is 0 Å². The van der Waals surface area contributed by atoms with E-state index in [1.165, 1.54) is 0 Å². The molecule has 0 amide bonds. The zero-order chi connectivity index (χ0) is 22.7. The Bertz CT molecular complexity index is 1110. The summed E-state index contributed by atoms with van der Waals surface area (Å²) in [7, 11) is 0. The van der Waals surface area contributed by atoms with Gasteiger partial charge in [0.1, 0.15) is 5.82 Å². The van der Waals surface area contributed by atoms with Crippen molar-refractivity contribution in [3.8, 4) is 22.3 Å². The molecule has 0 N–H and O–H groups in total. The van der Waals surface area contributed by atoms with Gasteiger partial charge >= 0.3 is 0 Å². The molecular weight excluding hydrogens is 409 g/mol. The maximum Gasteiger partial charge on any atom is 0.166 e. The predicted octanol–water partition coefficient (Wildman–Crippen LogP) is 8.04. The lowest BCUT2D eigenvalue weighted by Gasteiger charge is -2.28. The van der Waals surface area contributed by atoms with Gasteiger partial charge in [-0.05, 0) is 54.5 Å². The minimum absolute atomic E-state index is 0.0913. The van der Waals surface area contributed by atoms with Gasteiger partial charge in [-0.1, -0.05) is 67.6 Å². The van der Waals surface area contributed by atoms with Gasteiger partial charge in [0, 0.05) is 17.0 Å². The Kier molecular flexibility index (Phi) is 6.80. The van der Waals surface area contributed by atoms with Crippen LogP contribution in [0.5, 0.6) is 0 Å². The molecule has 0 aliphatic carbocycles. The number of benzene rings is 3. The highest BCUT2D eigenvalue weighted by molar-refractivity contribution is 5.71. The molecule has 0 aromatic heterocycles. The number of ether oxygens (including phenoxy) is 1. The standard InChI is InChI=1S/C28H27F3O/c1-3-5-18-6-15-26(32-17-18)22-12-13-23(25(29)16-22)20-7-9-21(10-8-20)24-14-11-19(4-2)27(30)28(24)31/h3,5,7-14,16,18,26H,4,6,15,17H2,1-2H3/b5-3+. The first-order chi connectivity index (χ1) is 15.5. The van der Waals surface area contributed by atoms with Crippen molar-refractivity contribution in [1.82, 2.24) is 0 Å². The van der Waals surface area contributed by atoms with E-state index in [1.54, 1.807) is 55.5 Å². The molecule has 1 aliphatic heterocycles. The minimum Gasteiger partial charge on any atom is -0.373 e. The first-order valence-electron chi connectivity index (χ1n) is 11.1. The molecule has 4 rings (SSSR count). The summed E-state index contributed by atoms with van der Waals surface area (Å²) in [5.41, 5.74) is 3.10. The summed E-state index contributed by atoms with van der Waals surface area (Å²) in [5.74, 6) is -1.55. The Morgan fingerprint density at radius 2 is 1.56 bits per heavy atom. The average Bonchev–Trinajstić information content (AvgIpc) is 2.82. The summed E-state index contributed by atoms with van der Waals surface area (Å²) in [6, 6.07) is 15.3. The molecule has 166 valence electrons. The van der Waals surface area contributed by atoms with E-state index in [-0.39, 0.29) is 17.5 Å². The normalized spacial score (nSPS) is 18.9. The van der Waals surface area contributed by atoms with Crippen LogP contribution in [0.2, 0.25) is 0 Å². The third-order valence-electron chi connectivity index (χ3n) is 6.19. The van der Waals surface area contributed by atoms with E-state index in [2.05, 4.69) is 6.08 Å². The van der Waals surface area contributed by atoms with Gasteiger partial charge in [0.05, 0.1) is 12.7 Å². The van der Waals surface area contributed by atoms with E-state index in [1.807, 2.05) is 19.1 Å². The molecule has 3 aromatic carbocycles. The molecular formula is C28H27F3O. The van der Waals surface area contributed by atoms with Gasteiger partial charge in [0.15, 0.2) is 11.6 Å². The highest BCUT2D eigenvalue weighted by Gasteiger charge is 2.22.